The van der Waals surface area contributed by atoms with E-state index >= 15 is 0 Å². The molecule has 0 saturated carbocycles. The van der Waals surface area contributed by atoms with Crippen LogP contribution in [0.25, 0.3) is 0 Å². The molecule has 0 radical (unpaired) electrons. The maximum atomic E-state index is 5.89. The number of hydrogen-bond acceptors (Lipinski definition) is 4. The molecule has 0 amide bonds. The molecule has 1 N–H and O–H groups in total. The summed E-state index contributed by atoms with van der Waals surface area (Å²) in [5.74, 6) is 1.36. The van der Waals surface area contributed by atoms with Crippen molar-refractivity contribution >= 4 is 33.7 Å². The molecular weight excluding hydrogens is 440 g/mol. The fourth-order valence-electron chi connectivity index (χ4n) is 2.48. The van der Waals surface area contributed by atoms with E-state index in [1.807, 2.05) is 66.7 Å². The first kappa shape index (κ1) is 20.2. The van der Waals surface area contributed by atoms with Crippen molar-refractivity contribution in [3.63, 3.8) is 0 Å². The number of methoxy groups -OCH3 is 1. The summed E-state index contributed by atoms with van der Waals surface area (Å²) in [6.07, 6.45) is 1.75. The Hall–Kier alpha value is -2.50. The van der Waals surface area contributed by atoms with Crippen LogP contribution in [0.15, 0.2) is 76.3 Å². The van der Waals surface area contributed by atoms with E-state index in [4.69, 9.17) is 21.1 Å². The van der Waals surface area contributed by atoms with Crippen LogP contribution in [0.3, 0.4) is 0 Å². The number of halogens is 2. The minimum atomic E-state index is 0.472. The molecule has 28 heavy (non-hydrogen) atoms. The van der Waals surface area contributed by atoms with E-state index in [2.05, 4.69) is 26.5 Å². The Bertz CT molecular complexity index is 928. The molecule has 4 nitrogen and oxygen atoms in total. The van der Waals surface area contributed by atoms with Crippen LogP contribution in [-0.4, -0.2) is 13.3 Å². The van der Waals surface area contributed by atoms with E-state index in [9.17, 15) is 0 Å². The lowest BCUT2D eigenvalue weighted by Gasteiger charge is -2.11. The van der Waals surface area contributed by atoms with Crippen LogP contribution < -0.4 is 14.9 Å². The van der Waals surface area contributed by atoms with Gasteiger partial charge in [0, 0.05) is 9.50 Å². The highest BCUT2D eigenvalue weighted by Crippen LogP contribution is 2.28. The highest BCUT2D eigenvalue weighted by molar-refractivity contribution is 9.10. The van der Waals surface area contributed by atoms with Crippen molar-refractivity contribution in [2.45, 2.75) is 13.2 Å². The lowest BCUT2D eigenvalue weighted by atomic mass is 10.2. The van der Waals surface area contributed by atoms with E-state index in [0.717, 1.165) is 26.2 Å². The second kappa shape index (κ2) is 10.2. The summed E-state index contributed by atoms with van der Waals surface area (Å²) in [4.78, 5) is 0. The number of rotatable bonds is 8. The Kier molecular flexibility index (Phi) is 7.34. The Balaban J connectivity index is 1.57. The maximum Gasteiger partial charge on any atom is 0.161 e. The number of ether oxygens (including phenoxy) is 2. The molecule has 3 aromatic carbocycles. The molecule has 0 saturated heterocycles. The molecular formula is C22H20BrClN2O2. The predicted octanol–water partition coefficient (Wildman–Crippen LogP) is 5.81. The molecule has 0 spiro atoms. The number of hydrogen-bond donors (Lipinski definition) is 1. The first-order valence-electron chi connectivity index (χ1n) is 8.70. The third-order valence-electron chi connectivity index (χ3n) is 4.00. The van der Waals surface area contributed by atoms with Gasteiger partial charge in [-0.05, 0) is 59.2 Å². The lowest BCUT2D eigenvalue weighted by molar-refractivity contribution is 0.284. The molecule has 0 aliphatic carbocycles. The molecule has 3 rings (SSSR count). The van der Waals surface area contributed by atoms with E-state index < -0.39 is 0 Å². The van der Waals surface area contributed by atoms with Crippen LogP contribution in [0.2, 0.25) is 5.02 Å². The zero-order valence-electron chi connectivity index (χ0n) is 15.4. The predicted molar refractivity (Wildman–Crippen MR) is 117 cm³/mol. The van der Waals surface area contributed by atoms with Crippen molar-refractivity contribution in [3.05, 3.63) is 92.9 Å². The summed E-state index contributed by atoms with van der Waals surface area (Å²) in [5.41, 5.74) is 6.13. The first-order chi connectivity index (χ1) is 13.6. The van der Waals surface area contributed by atoms with E-state index in [-0.39, 0.29) is 0 Å². The minimum absolute atomic E-state index is 0.472. The van der Waals surface area contributed by atoms with Crippen molar-refractivity contribution in [2.24, 2.45) is 5.10 Å². The summed E-state index contributed by atoms with van der Waals surface area (Å²) < 4.78 is 12.4. The zero-order chi connectivity index (χ0) is 19.8. The monoisotopic (exact) mass is 458 g/mol. The molecule has 0 atom stereocenters. The molecule has 0 bridgehead atoms. The topological polar surface area (TPSA) is 42.8 Å². The smallest absolute Gasteiger partial charge is 0.161 e. The zero-order valence-corrected chi connectivity index (χ0v) is 17.7. The third-order valence-corrected chi connectivity index (χ3v) is 4.78. The molecule has 0 heterocycles. The summed E-state index contributed by atoms with van der Waals surface area (Å²) in [5, 5.41) is 4.98. The average molecular weight is 460 g/mol. The van der Waals surface area contributed by atoms with Gasteiger partial charge in [-0.2, -0.15) is 5.10 Å². The summed E-state index contributed by atoms with van der Waals surface area (Å²) >= 11 is 9.31. The van der Waals surface area contributed by atoms with Gasteiger partial charge in [0.1, 0.15) is 6.61 Å². The van der Waals surface area contributed by atoms with Crippen LogP contribution in [0.5, 0.6) is 11.5 Å². The fourth-order valence-corrected chi connectivity index (χ4v) is 2.88. The van der Waals surface area contributed by atoms with Crippen LogP contribution >= 0.6 is 27.5 Å². The van der Waals surface area contributed by atoms with E-state index in [0.29, 0.717) is 24.7 Å². The molecule has 0 aliphatic heterocycles. The molecule has 3 aromatic rings. The minimum Gasteiger partial charge on any atom is -0.493 e. The van der Waals surface area contributed by atoms with Crippen molar-refractivity contribution in [2.75, 3.05) is 7.11 Å². The van der Waals surface area contributed by atoms with Gasteiger partial charge in [0.2, 0.25) is 0 Å². The molecule has 0 unspecified atom stereocenters. The highest BCUT2D eigenvalue weighted by Gasteiger charge is 2.06. The molecule has 0 aromatic heterocycles. The second-order valence-corrected chi connectivity index (χ2v) is 7.40. The van der Waals surface area contributed by atoms with Crippen LogP contribution in [0.1, 0.15) is 16.7 Å². The largest absolute Gasteiger partial charge is 0.493 e. The number of nitrogens with one attached hydrogen (secondary N) is 1. The second-order valence-electron chi connectivity index (χ2n) is 6.04. The third kappa shape index (κ3) is 6.01. The van der Waals surface area contributed by atoms with Gasteiger partial charge in [-0.3, -0.25) is 0 Å². The molecule has 6 heteroatoms. The van der Waals surface area contributed by atoms with Gasteiger partial charge in [0.05, 0.1) is 19.9 Å². The quantitative estimate of drug-likeness (QED) is 0.341. The standard InChI is InChI=1S/C22H20BrClN2O2/c1-27-22-12-18(14-26-25-13-16-4-9-20(24)10-5-16)6-11-21(22)28-15-17-2-7-19(23)8-3-17/h2-12,14,25H,13,15H2,1H3/b26-14-. The summed E-state index contributed by atoms with van der Waals surface area (Å²) in [6.45, 7) is 1.10. The highest BCUT2D eigenvalue weighted by atomic mass is 79.9. The molecule has 144 valence electrons. The first-order valence-corrected chi connectivity index (χ1v) is 9.87. The van der Waals surface area contributed by atoms with E-state index in [1.165, 1.54) is 0 Å². The average Bonchev–Trinajstić information content (AvgIpc) is 2.72. The normalized spacial score (nSPS) is 10.8. The summed E-state index contributed by atoms with van der Waals surface area (Å²) in [6, 6.07) is 21.4. The van der Waals surface area contributed by atoms with Crippen LogP contribution in [0.4, 0.5) is 0 Å². The van der Waals surface area contributed by atoms with Gasteiger partial charge in [-0.15, -0.1) is 0 Å². The van der Waals surface area contributed by atoms with Gasteiger partial charge in [0.25, 0.3) is 0 Å². The SMILES string of the molecule is COc1cc(/C=N\NCc2ccc(Cl)cc2)ccc1OCc1ccc(Br)cc1. The fraction of sp³-hybridized carbons (Fsp3) is 0.136. The maximum absolute atomic E-state index is 5.89. The number of benzene rings is 3. The van der Waals surface area contributed by atoms with Gasteiger partial charge in [0.15, 0.2) is 11.5 Å². The Morgan fingerprint density at radius 2 is 1.68 bits per heavy atom. The van der Waals surface area contributed by atoms with Crippen LogP contribution in [-0.2, 0) is 13.2 Å². The summed E-state index contributed by atoms with van der Waals surface area (Å²) in [7, 11) is 1.63. The van der Waals surface area contributed by atoms with Gasteiger partial charge < -0.3 is 14.9 Å². The van der Waals surface area contributed by atoms with Gasteiger partial charge >= 0.3 is 0 Å². The van der Waals surface area contributed by atoms with Crippen molar-refractivity contribution in [3.8, 4) is 11.5 Å². The van der Waals surface area contributed by atoms with Crippen molar-refractivity contribution < 1.29 is 9.47 Å². The van der Waals surface area contributed by atoms with Crippen molar-refractivity contribution in [1.29, 1.82) is 0 Å². The van der Waals surface area contributed by atoms with Gasteiger partial charge in [-0.1, -0.05) is 51.8 Å². The van der Waals surface area contributed by atoms with Gasteiger partial charge in [-0.25, -0.2) is 0 Å². The number of hydrazone groups is 1. The Labute approximate surface area is 178 Å². The lowest BCUT2D eigenvalue weighted by Crippen LogP contribution is -2.05. The Morgan fingerprint density at radius 3 is 2.39 bits per heavy atom. The van der Waals surface area contributed by atoms with Crippen molar-refractivity contribution in [1.82, 2.24) is 5.43 Å². The molecule has 0 aliphatic rings. The van der Waals surface area contributed by atoms with E-state index in [1.54, 1.807) is 13.3 Å². The van der Waals surface area contributed by atoms with Crippen LogP contribution in [0, 0.1) is 0 Å². The Morgan fingerprint density at radius 1 is 0.964 bits per heavy atom. The molecule has 0 fully saturated rings. The number of nitrogens with zero attached hydrogens (tertiary/aromatic N) is 1.